The van der Waals surface area contributed by atoms with Crippen LogP contribution in [-0.4, -0.2) is 49.2 Å². The van der Waals surface area contributed by atoms with Gasteiger partial charge in [0.15, 0.2) is 0 Å². The van der Waals surface area contributed by atoms with Crippen LogP contribution in [0, 0.1) is 0 Å². The minimum absolute atomic E-state index is 0.209. The Morgan fingerprint density at radius 1 is 1.62 bits per heavy atom. The second kappa shape index (κ2) is 8.19. The molecule has 0 amide bonds. The number of ether oxygens (including phenoxy) is 1. The zero-order valence-electron chi connectivity index (χ0n) is 8.12. The van der Waals surface area contributed by atoms with Crippen molar-refractivity contribution in [3.63, 3.8) is 0 Å². The van der Waals surface area contributed by atoms with Crippen molar-refractivity contribution in [1.82, 2.24) is 5.32 Å². The summed E-state index contributed by atoms with van der Waals surface area (Å²) in [6, 6.07) is 0. The summed E-state index contributed by atoms with van der Waals surface area (Å²) >= 11 is 0. The van der Waals surface area contributed by atoms with Crippen molar-refractivity contribution >= 4 is 0 Å². The molecule has 3 N–H and O–H groups in total. The predicted octanol–water partition coefficient (Wildman–Crippen LogP) is -0.478. The minimum atomic E-state index is -0.679. The van der Waals surface area contributed by atoms with E-state index in [1.54, 1.807) is 0 Å². The van der Waals surface area contributed by atoms with Gasteiger partial charge >= 0.3 is 0 Å². The Bertz CT molecular complexity index is 139. The Morgan fingerprint density at radius 3 is 2.85 bits per heavy atom. The molecule has 0 saturated heterocycles. The van der Waals surface area contributed by atoms with E-state index in [0.717, 1.165) is 5.57 Å². The summed E-state index contributed by atoms with van der Waals surface area (Å²) < 4.78 is 5.20. The monoisotopic (exact) mass is 189 g/mol. The van der Waals surface area contributed by atoms with Gasteiger partial charge in [0.1, 0.15) is 0 Å². The van der Waals surface area contributed by atoms with Crippen LogP contribution in [0.4, 0.5) is 0 Å². The molecule has 78 valence electrons. The Morgan fingerprint density at radius 2 is 2.31 bits per heavy atom. The highest BCUT2D eigenvalue weighted by Crippen LogP contribution is 1.86. The average molecular weight is 189 g/mol. The quantitative estimate of drug-likeness (QED) is 0.356. The first-order chi connectivity index (χ1) is 6.16. The maximum atomic E-state index is 8.94. The SMILES string of the molecule is C=C(C)COCCNCC(O)CO. The lowest BCUT2D eigenvalue weighted by Gasteiger charge is -2.08. The molecule has 13 heavy (non-hydrogen) atoms. The summed E-state index contributed by atoms with van der Waals surface area (Å²) in [5.41, 5.74) is 0.996. The molecule has 0 aromatic heterocycles. The molecule has 0 aromatic rings. The fourth-order valence-electron chi connectivity index (χ4n) is 0.724. The first kappa shape index (κ1) is 12.6. The highest BCUT2D eigenvalue weighted by molar-refractivity contribution is 4.87. The van der Waals surface area contributed by atoms with E-state index in [9.17, 15) is 0 Å². The summed E-state index contributed by atoms with van der Waals surface area (Å²) in [6.07, 6.45) is -0.679. The lowest BCUT2D eigenvalue weighted by atomic mass is 10.4. The van der Waals surface area contributed by atoms with E-state index in [4.69, 9.17) is 14.9 Å². The van der Waals surface area contributed by atoms with E-state index in [1.165, 1.54) is 0 Å². The van der Waals surface area contributed by atoms with Crippen LogP contribution in [0.25, 0.3) is 0 Å². The molecule has 0 aliphatic carbocycles. The van der Waals surface area contributed by atoms with Gasteiger partial charge in [-0.1, -0.05) is 12.2 Å². The second-order valence-corrected chi connectivity index (χ2v) is 3.05. The molecule has 0 bridgehead atoms. The number of hydrogen-bond acceptors (Lipinski definition) is 4. The lowest BCUT2D eigenvalue weighted by Crippen LogP contribution is -2.31. The van der Waals surface area contributed by atoms with Gasteiger partial charge in [0.2, 0.25) is 0 Å². The Kier molecular flexibility index (Phi) is 7.93. The van der Waals surface area contributed by atoms with E-state index >= 15 is 0 Å². The van der Waals surface area contributed by atoms with Crippen LogP contribution in [0.3, 0.4) is 0 Å². The van der Waals surface area contributed by atoms with Gasteiger partial charge in [0.25, 0.3) is 0 Å². The van der Waals surface area contributed by atoms with Gasteiger partial charge in [-0.2, -0.15) is 0 Å². The number of nitrogens with one attached hydrogen (secondary N) is 1. The third-order valence-electron chi connectivity index (χ3n) is 1.36. The zero-order chi connectivity index (χ0) is 10.1. The van der Waals surface area contributed by atoms with Crippen molar-refractivity contribution in [3.8, 4) is 0 Å². The largest absolute Gasteiger partial charge is 0.394 e. The first-order valence-corrected chi connectivity index (χ1v) is 4.38. The van der Waals surface area contributed by atoms with Gasteiger partial charge in [-0.3, -0.25) is 0 Å². The highest BCUT2D eigenvalue weighted by Gasteiger charge is 1.99. The predicted molar refractivity (Wildman–Crippen MR) is 51.6 cm³/mol. The van der Waals surface area contributed by atoms with E-state index in [1.807, 2.05) is 6.92 Å². The third kappa shape index (κ3) is 9.49. The van der Waals surface area contributed by atoms with Crippen LogP contribution < -0.4 is 5.32 Å². The first-order valence-electron chi connectivity index (χ1n) is 4.38. The van der Waals surface area contributed by atoms with Crippen molar-refractivity contribution < 1.29 is 14.9 Å². The summed E-state index contributed by atoms with van der Waals surface area (Å²) in [5, 5.41) is 20.4. The molecule has 0 rings (SSSR count). The Hall–Kier alpha value is -0.420. The lowest BCUT2D eigenvalue weighted by molar-refractivity contribution is 0.0906. The molecule has 0 fully saturated rings. The van der Waals surface area contributed by atoms with Crippen molar-refractivity contribution in [3.05, 3.63) is 12.2 Å². The van der Waals surface area contributed by atoms with Gasteiger partial charge < -0.3 is 20.3 Å². The summed E-state index contributed by atoms with van der Waals surface area (Å²) in [6.45, 7) is 7.62. The van der Waals surface area contributed by atoms with E-state index in [0.29, 0.717) is 26.3 Å². The maximum absolute atomic E-state index is 8.94. The Balaban J connectivity index is 3.04. The van der Waals surface area contributed by atoms with Gasteiger partial charge in [-0.05, 0) is 6.92 Å². The number of rotatable bonds is 8. The molecule has 0 aliphatic rings. The number of aliphatic hydroxyl groups is 2. The summed E-state index contributed by atoms with van der Waals surface area (Å²) in [4.78, 5) is 0. The Labute approximate surface area is 79.2 Å². The van der Waals surface area contributed by atoms with Crippen molar-refractivity contribution in [2.24, 2.45) is 0 Å². The van der Waals surface area contributed by atoms with Crippen molar-refractivity contribution in [2.45, 2.75) is 13.0 Å². The average Bonchev–Trinajstić information content (AvgIpc) is 2.10. The van der Waals surface area contributed by atoms with Gasteiger partial charge in [0, 0.05) is 13.1 Å². The van der Waals surface area contributed by atoms with Crippen LogP contribution in [-0.2, 0) is 4.74 Å². The van der Waals surface area contributed by atoms with Crippen LogP contribution in [0.15, 0.2) is 12.2 Å². The topological polar surface area (TPSA) is 61.7 Å². The third-order valence-corrected chi connectivity index (χ3v) is 1.36. The van der Waals surface area contributed by atoms with Crippen LogP contribution in [0.2, 0.25) is 0 Å². The van der Waals surface area contributed by atoms with Crippen LogP contribution in [0.1, 0.15) is 6.92 Å². The van der Waals surface area contributed by atoms with Gasteiger partial charge in [-0.15, -0.1) is 0 Å². The van der Waals surface area contributed by atoms with E-state index in [-0.39, 0.29) is 6.61 Å². The molecule has 0 aromatic carbocycles. The molecular weight excluding hydrogens is 170 g/mol. The summed E-state index contributed by atoms with van der Waals surface area (Å²) in [5.74, 6) is 0. The fourth-order valence-corrected chi connectivity index (χ4v) is 0.724. The van der Waals surface area contributed by atoms with Crippen molar-refractivity contribution in [1.29, 1.82) is 0 Å². The molecule has 0 saturated carbocycles. The molecule has 4 heteroatoms. The van der Waals surface area contributed by atoms with Crippen LogP contribution in [0.5, 0.6) is 0 Å². The molecule has 0 spiro atoms. The van der Waals surface area contributed by atoms with Crippen LogP contribution >= 0.6 is 0 Å². The molecule has 0 radical (unpaired) electrons. The van der Waals surface area contributed by atoms with E-state index < -0.39 is 6.10 Å². The molecule has 0 aliphatic heterocycles. The maximum Gasteiger partial charge on any atom is 0.0894 e. The van der Waals surface area contributed by atoms with Crippen molar-refractivity contribution in [2.75, 3.05) is 32.9 Å². The fraction of sp³-hybridized carbons (Fsp3) is 0.778. The highest BCUT2D eigenvalue weighted by atomic mass is 16.5. The zero-order valence-corrected chi connectivity index (χ0v) is 8.12. The van der Waals surface area contributed by atoms with E-state index in [2.05, 4.69) is 11.9 Å². The molecule has 1 atom stereocenters. The molecule has 4 nitrogen and oxygen atoms in total. The minimum Gasteiger partial charge on any atom is -0.394 e. The normalized spacial score (nSPS) is 12.8. The van der Waals surface area contributed by atoms with Gasteiger partial charge in [-0.25, -0.2) is 0 Å². The smallest absolute Gasteiger partial charge is 0.0894 e. The van der Waals surface area contributed by atoms with Gasteiger partial charge in [0.05, 0.1) is 25.9 Å². The molecule has 0 heterocycles. The standard InChI is InChI=1S/C9H19NO3/c1-8(2)7-13-4-3-10-5-9(12)6-11/h9-12H,1,3-7H2,2H3. The molecule has 1 unspecified atom stereocenters. The number of hydrogen-bond donors (Lipinski definition) is 3. The number of aliphatic hydroxyl groups excluding tert-OH is 2. The molecular formula is C9H19NO3. The second-order valence-electron chi connectivity index (χ2n) is 3.05. The summed E-state index contributed by atoms with van der Waals surface area (Å²) in [7, 11) is 0.